The zero-order valence-electron chi connectivity index (χ0n) is 14.7. The molecule has 0 saturated carbocycles. The van der Waals surface area contributed by atoms with Crippen LogP contribution in [0.3, 0.4) is 0 Å². The van der Waals surface area contributed by atoms with Crippen molar-refractivity contribution >= 4 is 43.8 Å². The van der Waals surface area contributed by atoms with E-state index in [4.69, 9.17) is 12.2 Å². The van der Waals surface area contributed by atoms with Gasteiger partial charge in [0, 0.05) is 29.3 Å². The minimum atomic E-state index is -4.58. The number of aromatic nitrogens is 1. The van der Waals surface area contributed by atoms with Crippen molar-refractivity contribution in [2.75, 3.05) is 13.4 Å². The van der Waals surface area contributed by atoms with Crippen molar-refractivity contribution < 1.29 is 31.7 Å². The fraction of sp³-hybridized carbons (Fsp3) is 0.400. The first-order chi connectivity index (χ1) is 12.4. The highest BCUT2D eigenvalue weighted by Gasteiger charge is 2.32. The Kier molecular flexibility index (Phi) is 7.72. The minimum Gasteiger partial charge on any atom is -0.469 e. The average Bonchev–Trinajstić information content (AvgIpc) is 2.57. The number of ether oxygens (including phenoxy) is 1. The van der Waals surface area contributed by atoms with Crippen LogP contribution in [0.1, 0.15) is 31.0 Å². The smallest absolute Gasteiger partial charge is 0.433 e. The molecule has 1 atom stereocenters. The summed E-state index contributed by atoms with van der Waals surface area (Å²) in [5, 5.41) is 2.03. The van der Waals surface area contributed by atoms with E-state index in [-0.39, 0.29) is 28.4 Å². The maximum Gasteiger partial charge on any atom is 0.433 e. The molecular weight excluding hydrogens is 407 g/mol. The summed E-state index contributed by atoms with van der Waals surface area (Å²) in [6.07, 6.45) is -2.65. The summed E-state index contributed by atoms with van der Waals surface area (Å²) in [6.45, 7) is 1.45. The SMILES string of the molecule is COC(=O)CCC(=O)NC(=S)NS(C)(=O)=C(C)c1ccc(C(F)(F)F)nc1. The zero-order valence-corrected chi connectivity index (χ0v) is 16.3. The van der Waals surface area contributed by atoms with Gasteiger partial charge >= 0.3 is 12.1 Å². The fourth-order valence-electron chi connectivity index (χ4n) is 1.78. The number of amides is 1. The third-order valence-corrected chi connectivity index (χ3v) is 5.70. The van der Waals surface area contributed by atoms with E-state index in [9.17, 15) is 27.0 Å². The van der Waals surface area contributed by atoms with Crippen molar-refractivity contribution in [3.05, 3.63) is 29.6 Å². The lowest BCUT2D eigenvalue weighted by atomic mass is 10.2. The van der Waals surface area contributed by atoms with E-state index in [0.717, 1.165) is 18.3 Å². The van der Waals surface area contributed by atoms with Crippen molar-refractivity contribution in [2.24, 2.45) is 0 Å². The number of rotatable bonds is 5. The van der Waals surface area contributed by atoms with Gasteiger partial charge in [-0.1, -0.05) is 6.07 Å². The van der Waals surface area contributed by atoms with E-state index in [0.29, 0.717) is 0 Å². The summed E-state index contributed by atoms with van der Waals surface area (Å²) in [7, 11) is -1.81. The molecule has 1 aromatic heterocycles. The molecule has 0 bridgehead atoms. The van der Waals surface area contributed by atoms with Gasteiger partial charge in [-0.3, -0.25) is 19.3 Å². The number of alkyl halides is 3. The Morgan fingerprint density at radius 1 is 1.30 bits per heavy atom. The Bertz CT molecular complexity index is 845. The van der Waals surface area contributed by atoms with Crippen LogP contribution in [-0.4, -0.2) is 44.4 Å². The topological polar surface area (TPSA) is 97.4 Å². The van der Waals surface area contributed by atoms with Gasteiger partial charge in [-0.15, -0.1) is 0 Å². The summed E-state index contributed by atoms with van der Waals surface area (Å²) in [4.78, 5) is 26.2. The molecule has 1 unspecified atom stereocenters. The molecule has 0 spiro atoms. The lowest BCUT2D eigenvalue weighted by Gasteiger charge is -2.15. The first-order valence-electron chi connectivity index (χ1n) is 7.41. The highest BCUT2D eigenvalue weighted by Crippen LogP contribution is 2.27. The quantitative estimate of drug-likeness (QED) is 0.421. The Hall–Kier alpha value is -2.21. The van der Waals surface area contributed by atoms with Crippen LogP contribution in [0.15, 0.2) is 18.3 Å². The van der Waals surface area contributed by atoms with E-state index < -0.39 is 33.5 Å². The molecule has 27 heavy (non-hydrogen) atoms. The molecule has 7 nitrogen and oxygen atoms in total. The molecule has 150 valence electrons. The van der Waals surface area contributed by atoms with Gasteiger partial charge in [-0.05, 0) is 25.2 Å². The standard InChI is InChI=1S/C15H18F3N3O4S2/c1-9(10-4-5-11(19-8-10)15(16,17)18)27(3,24)21-14(26)20-12(22)6-7-13(23)25-2/h4-5,8H,6-7H2,1-3H3,(H2,20,21,22,24,26). The Balaban J connectivity index is 2.85. The van der Waals surface area contributed by atoms with E-state index in [1.165, 1.54) is 20.3 Å². The van der Waals surface area contributed by atoms with E-state index in [2.05, 4.69) is 19.8 Å². The molecule has 1 rings (SSSR count). The van der Waals surface area contributed by atoms with Gasteiger partial charge in [-0.25, -0.2) is 4.21 Å². The Labute approximate surface area is 159 Å². The van der Waals surface area contributed by atoms with Crippen molar-refractivity contribution in [3.63, 3.8) is 0 Å². The first kappa shape index (κ1) is 22.8. The largest absolute Gasteiger partial charge is 0.469 e. The third-order valence-electron chi connectivity index (χ3n) is 3.37. The summed E-state index contributed by atoms with van der Waals surface area (Å²) in [6, 6.07) is 1.93. The lowest BCUT2D eigenvalue weighted by molar-refractivity contribution is -0.142. The molecule has 1 aromatic rings. The number of pyridine rings is 1. The summed E-state index contributed by atoms with van der Waals surface area (Å²) in [5.41, 5.74) is -0.842. The number of hydrogen-bond donors (Lipinski definition) is 2. The summed E-state index contributed by atoms with van der Waals surface area (Å²) >= 11 is 4.91. The molecule has 2 N–H and O–H groups in total. The molecule has 12 heteroatoms. The molecule has 1 amide bonds. The van der Waals surface area contributed by atoms with E-state index in [1.54, 1.807) is 0 Å². The van der Waals surface area contributed by atoms with Crippen molar-refractivity contribution in [2.45, 2.75) is 25.9 Å². The van der Waals surface area contributed by atoms with Gasteiger partial charge in [0.25, 0.3) is 0 Å². The van der Waals surface area contributed by atoms with Gasteiger partial charge in [0.05, 0.1) is 23.2 Å². The zero-order chi connectivity index (χ0) is 20.8. The van der Waals surface area contributed by atoms with Crippen LogP contribution in [-0.2, 0) is 30.2 Å². The highest BCUT2D eigenvalue weighted by atomic mass is 32.2. The van der Waals surface area contributed by atoms with E-state index >= 15 is 0 Å². The summed E-state index contributed by atoms with van der Waals surface area (Å²) in [5.74, 6) is -1.15. The van der Waals surface area contributed by atoms with Crippen LogP contribution in [0.2, 0.25) is 0 Å². The predicted molar refractivity (Wildman–Crippen MR) is 98.2 cm³/mol. The number of carbonyl (C=O) groups excluding carboxylic acids is 2. The average molecular weight is 425 g/mol. The molecule has 0 aromatic carbocycles. The van der Waals surface area contributed by atoms with Crippen LogP contribution < -0.4 is 10.0 Å². The normalized spacial score (nSPS) is 13.3. The number of esters is 1. The number of methoxy groups -OCH3 is 1. The van der Waals surface area contributed by atoms with Crippen LogP contribution >= 0.6 is 12.2 Å². The maximum atomic E-state index is 12.8. The number of halogens is 3. The van der Waals surface area contributed by atoms with Gasteiger partial charge in [-0.2, -0.15) is 13.2 Å². The molecule has 0 aliphatic rings. The highest BCUT2D eigenvalue weighted by molar-refractivity contribution is 8.01. The van der Waals surface area contributed by atoms with Crippen LogP contribution in [0, 0.1) is 0 Å². The number of nitrogens with zero attached hydrogens (tertiary/aromatic N) is 1. The van der Waals surface area contributed by atoms with Gasteiger partial charge in [0.15, 0.2) is 5.11 Å². The number of thiocarbonyl (C=S) groups is 1. The molecule has 0 fully saturated rings. The number of hydrogen-bond acceptors (Lipinski definition) is 6. The Morgan fingerprint density at radius 2 is 1.93 bits per heavy atom. The first-order valence-corrected chi connectivity index (χ1v) is 9.79. The monoisotopic (exact) mass is 425 g/mol. The van der Waals surface area contributed by atoms with Crippen LogP contribution in [0.25, 0.3) is 0 Å². The third kappa shape index (κ3) is 7.13. The number of carbonyl (C=O) groups is 2. The van der Waals surface area contributed by atoms with Gasteiger partial charge in [0.2, 0.25) is 5.91 Å². The van der Waals surface area contributed by atoms with Crippen molar-refractivity contribution in [3.8, 4) is 0 Å². The Morgan fingerprint density at radius 3 is 2.41 bits per heavy atom. The fourth-order valence-corrected chi connectivity index (χ4v) is 3.50. The molecule has 1 heterocycles. The van der Waals surface area contributed by atoms with Crippen molar-refractivity contribution in [1.82, 2.24) is 15.0 Å². The molecule has 0 aliphatic carbocycles. The summed E-state index contributed by atoms with van der Waals surface area (Å²) < 4.78 is 57.3. The molecular formula is C15H18F3N3O4S2. The second-order valence-corrected chi connectivity index (χ2v) is 8.30. The van der Waals surface area contributed by atoms with Crippen molar-refractivity contribution in [1.29, 1.82) is 0 Å². The number of nitrogens with one attached hydrogen (secondary N) is 2. The lowest BCUT2D eigenvalue weighted by Crippen LogP contribution is -2.43. The van der Waals surface area contributed by atoms with Crippen LogP contribution in [0.4, 0.5) is 13.2 Å². The maximum absolute atomic E-state index is 12.8. The molecule has 0 radical (unpaired) electrons. The minimum absolute atomic E-state index is 0.144. The second-order valence-electron chi connectivity index (χ2n) is 5.39. The predicted octanol–water partition coefficient (Wildman–Crippen LogP) is 1.41. The van der Waals surface area contributed by atoms with E-state index in [1.807, 2.05) is 0 Å². The van der Waals surface area contributed by atoms with Crippen LogP contribution in [0.5, 0.6) is 0 Å². The van der Waals surface area contributed by atoms with Gasteiger partial charge in [0.1, 0.15) is 5.69 Å². The van der Waals surface area contributed by atoms with Gasteiger partial charge < -0.3 is 10.1 Å². The molecule has 0 aliphatic heterocycles. The molecule has 0 saturated heterocycles. The second kappa shape index (κ2) is 9.13.